The van der Waals surface area contributed by atoms with Crippen molar-refractivity contribution in [2.45, 2.75) is 61.6 Å². The molecule has 1 N–H and O–H groups in total. The first-order chi connectivity index (χ1) is 21.6. The van der Waals surface area contributed by atoms with E-state index in [-0.39, 0.29) is 47.0 Å². The first kappa shape index (κ1) is 32.3. The van der Waals surface area contributed by atoms with Gasteiger partial charge in [-0.2, -0.15) is 22.6 Å². The smallest absolute Gasteiger partial charge is 0.292 e. The average molecular weight is 692 g/mol. The van der Waals surface area contributed by atoms with Gasteiger partial charge in [0.25, 0.3) is 5.66 Å². The summed E-state index contributed by atoms with van der Waals surface area (Å²) in [6.07, 6.45) is -2.08. The molecule has 3 heterocycles. The molecule has 46 heavy (non-hydrogen) atoms. The number of hydrogen-bond acceptors (Lipinski definition) is 8. The molecule has 2 aliphatic rings. The van der Waals surface area contributed by atoms with E-state index in [0.29, 0.717) is 40.8 Å². The van der Waals surface area contributed by atoms with Crippen molar-refractivity contribution in [1.29, 1.82) is 0 Å². The highest BCUT2D eigenvalue weighted by molar-refractivity contribution is 7.89. The van der Waals surface area contributed by atoms with Crippen LogP contribution in [-0.2, 0) is 32.8 Å². The summed E-state index contributed by atoms with van der Waals surface area (Å²) in [4.78, 5) is 3.25. The number of halogens is 3. The largest absolute Gasteiger partial charge is 0.445 e. The molecule has 0 unspecified atom stereocenters. The molecule has 0 amide bonds. The Hall–Kier alpha value is -3.69. The standard InChI is InChI=1S/C29H28F3N7O4S3/c1-18(2)46(42,43)38-13-9-20(10-14-38)22-15-21(45(40,41)37-28(33-3)11-12-28)16-23-24(26-34-35-27(44-26)29(30,31)32)36-39(25(22)23)17-19-7-5-4-6-8-19/h4-9,15-16,18,37H,10-14,17H2,1-2H3. The van der Waals surface area contributed by atoms with Crippen LogP contribution in [0.1, 0.15) is 49.2 Å². The SMILES string of the molecule is [C-]#[N+]C1(NS(=O)(=O)c2cc(C3=CCN(S(=O)(=O)C(C)C)CC3)c3c(c2)c(-c2nnc(C(F)(F)F)s2)nn3Cc2ccccc2)CC1. The first-order valence-electron chi connectivity index (χ1n) is 14.2. The van der Waals surface area contributed by atoms with E-state index in [1.807, 2.05) is 30.3 Å². The molecule has 2 aromatic carbocycles. The van der Waals surface area contributed by atoms with Crippen LogP contribution in [-0.4, -0.2) is 65.1 Å². The van der Waals surface area contributed by atoms with Crippen molar-refractivity contribution < 1.29 is 30.0 Å². The Bertz CT molecular complexity index is 2110. The van der Waals surface area contributed by atoms with Crippen molar-refractivity contribution in [2.24, 2.45) is 0 Å². The maximum Gasteiger partial charge on any atom is 0.445 e. The summed E-state index contributed by atoms with van der Waals surface area (Å²) in [5.41, 5.74) is 1.13. The number of hydrogen-bond donors (Lipinski definition) is 1. The minimum Gasteiger partial charge on any atom is -0.292 e. The van der Waals surface area contributed by atoms with Gasteiger partial charge in [-0.05, 0) is 43.5 Å². The Morgan fingerprint density at radius 2 is 1.83 bits per heavy atom. The van der Waals surface area contributed by atoms with Crippen LogP contribution < -0.4 is 4.72 Å². The Morgan fingerprint density at radius 1 is 1.11 bits per heavy atom. The van der Waals surface area contributed by atoms with Crippen LogP contribution in [0.2, 0.25) is 0 Å². The molecule has 0 radical (unpaired) electrons. The zero-order valence-corrected chi connectivity index (χ0v) is 27.1. The summed E-state index contributed by atoms with van der Waals surface area (Å²) in [5.74, 6) is 0. The maximum absolute atomic E-state index is 13.7. The summed E-state index contributed by atoms with van der Waals surface area (Å²) in [7, 11) is -7.83. The van der Waals surface area contributed by atoms with Gasteiger partial charge in [-0.1, -0.05) is 47.7 Å². The lowest BCUT2D eigenvalue weighted by atomic mass is 9.97. The van der Waals surface area contributed by atoms with E-state index in [1.165, 1.54) is 16.4 Å². The zero-order chi connectivity index (χ0) is 33.1. The van der Waals surface area contributed by atoms with Gasteiger partial charge in [0.15, 0.2) is 5.01 Å². The van der Waals surface area contributed by atoms with Gasteiger partial charge in [-0.15, -0.1) is 14.9 Å². The predicted octanol–water partition coefficient (Wildman–Crippen LogP) is 5.14. The Kier molecular flexibility index (Phi) is 8.08. The topological polar surface area (TPSA) is 132 Å². The Morgan fingerprint density at radius 3 is 2.39 bits per heavy atom. The average Bonchev–Trinajstić information content (AvgIpc) is 3.41. The zero-order valence-electron chi connectivity index (χ0n) is 24.6. The number of aromatic nitrogens is 4. The van der Waals surface area contributed by atoms with Crippen LogP contribution in [0.5, 0.6) is 0 Å². The summed E-state index contributed by atoms with van der Waals surface area (Å²) in [6, 6.07) is 12.0. The molecule has 1 fully saturated rings. The molecular weight excluding hydrogens is 664 g/mol. The second-order valence-electron chi connectivity index (χ2n) is 11.4. The third kappa shape index (κ3) is 6.07. The molecule has 0 spiro atoms. The van der Waals surface area contributed by atoms with Crippen molar-refractivity contribution >= 4 is 47.9 Å². The molecule has 4 aromatic rings. The van der Waals surface area contributed by atoms with Gasteiger partial charge in [0.2, 0.25) is 25.1 Å². The molecule has 17 heteroatoms. The molecule has 1 saturated carbocycles. The molecular formula is C29H28F3N7O4S3. The van der Waals surface area contributed by atoms with Crippen molar-refractivity contribution in [3.8, 4) is 10.7 Å². The van der Waals surface area contributed by atoms with Crippen LogP contribution >= 0.6 is 11.3 Å². The second-order valence-corrected chi connectivity index (χ2v) is 16.6. The number of alkyl halides is 3. The van der Waals surface area contributed by atoms with E-state index < -0.39 is 42.1 Å². The van der Waals surface area contributed by atoms with Gasteiger partial charge in [0.05, 0.1) is 35.0 Å². The number of benzene rings is 2. The molecule has 0 saturated heterocycles. The summed E-state index contributed by atoms with van der Waals surface area (Å²) < 4.78 is 99.2. The van der Waals surface area contributed by atoms with Gasteiger partial charge >= 0.3 is 6.18 Å². The lowest BCUT2D eigenvalue weighted by Crippen LogP contribution is -2.39. The quantitative estimate of drug-likeness (QED) is 0.241. The Balaban J connectivity index is 1.58. The minimum atomic E-state index is -4.74. The maximum atomic E-state index is 13.7. The van der Waals surface area contributed by atoms with E-state index in [4.69, 9.17) is 6.57 Å². The third-order valence-corrected chi connectivity index (χ3v) is 12.6. The van der Waals surface area contributed by atoms with E-state index in [2.05, 4.69) is 24.9 Å². The fraction of sp³-hybridized carbons (Fsp3) is 0.379. The van der Waals surface area contributed by atoms with Crippen LogP contribution in [0.4, 0.5) is 13.2 Å². The summed E-state index contributed by atoms with van der Waals surface area (Å²) >= 11 is 0.296. The van der Waals surface area contributed by atoms with Gasteiger partial charge in [-0.25, -0.2) is 23.4 Å². The third-order valence-electron chi connectivity index (χ3n) is 7.91. The fourth-order valence-electron chi connectivity index (χ4n) is 5.24. The normalized spacial score (nSPS) is 17.3. The number of fused-ring (bicyclic) bond motifs is 1. The lowest BCUT2D eigenvalue weighted by molar-refractivity contribution is -0.138. The summed E-state index contributed by atoms with van der Waals surface area (Å²) in [6.45, 7) is 11.1. The number of nitrogens with zero attached hydrogens (tertiary/aromatic N) is 6. The second kappa shape index (κ2) is 11.5. The van der Waals surface area contributed by atoms with E-state index in [1.54, 1.807) is 24.6 Å². The molecule has 242 valence electrons. The van der Waals surface area contributed by atoms with Crippen molar-refractivity contribution in [2.75, 3.05) is 13.1 Å². The van der Waals surface area contributed by atoms with E-state index in [0.717, 1.165) is 5.56 Å². The van der Waals surface area contributed by atoms with Crippen molar-refractivity contribution in [3.63, 3.8) is 0 Å². The molecule has 2 aromatic heterocycles. The highest BCUT2D eigenvalue weighted by atomic mass is 32.2. The molecule has 6 rings (SSSR count). The molecule has 0 bridgehead atoms. The van der Waals surface area contributed by atoms with Gasteiger partial charge in [0.1, 0.15) is 5.69 Å². The number of sulfonamides is 2. The van der Waals surface area contributed by atoms with Crippen molar-refractivity contribution in [3.05, 3.63) is 76.1 Å². The van der Waals surface area contributed by atoms with Crippen molar-refractivity contribution in [1.82, 2.24) is 29.0 Å². The predicted molar refractivity (Wildman–Crippen MR) is 166 cm³/mol. The van der Waals surface area contributed by atoms with Gasteiger partial charge < -0.3 is 0 Å². The van der Waals surface area contributed by atoms with E-state index in [9.17, 15) is 30.0 Å². The number of rotatable bonds is 9. The molecule has 1 aliphatic carbocycles. The summed E-state index contributed by atoms with van der Waals surface area (Å²) in [5, 5.41) is 10.0. The fourth-order valence-corrected chi connectivity index (χ4v) is 8.59. The molecule has 1 aliphatic heterocycles. The monoisotopic (exact) mass is 691 g/mol. The highest BCUT2D eigenvalue weighted by Crippen LogP contribution is 2.42. The Labute approximate surface area is 267 Å². The van der Waals surface area contributed by atoms with E-state index >= 15 is 0 Å². The first-order valence-corrected chi connectivity index (χ1v) is 18.0. The highest BCUT2D eigenvalue weighted by Gasteiger charge is 2.54. The van der Waals surface area contributed by atoms with Crippen LogP contribution in [0.3, 0.4) is 0 Å². The molecule has 11 nitrogen and oxygen atoms in total. The lowest BCUT2D eigenvalue weighted by Gasteiger charge is -2.28. The van der Waals surface area contributed by atoms with Gasteiger partial charge in [0, 0.05) is 24.0 Å². The molecule has 0 atom stereocenters. The van der Waals surface area contributed by atoms with Crippen LogP contribution in [0, 0.1) is 6.57 Å². The number of nitrogens with one attached hydrogen (secondary N) is 1. The van der Waals surface area contributed by atoms with Gasteiger partial charge in [-0.3, -0.25) is 9.53 Å². The van der Waals surface area contributed by atoms with Crippen LogP contribution in [0.15, 0.2) is 53.4 Å². The van der Waals surface area contributed by atoms with Crippen LogP contribution in [0.25, 0.3) is 32.0 Å². The minimum absolute atomic E-state index is 0.0176.